The molecule has 0 fully saturated rings. The number of hydrogen-bond donors (Lipinski definition) is 3. The Labute approximate surface area is 85.7 Å². The SMILES string of the molecule is NC(CSc1cccc(O)c1)C(=O)O. The van der Waals surface area contributed by atoms with E-state index in [1.807, 2.05) is 0 Å². The Morgan fingerprint density at radius 1 is 1.57 bits per heavy atom. The molecule has 1 rings (SSSR count). The lowest BCUT2D eigenvalue weighted by atomic mass is 10.3. The van der Waals surface area contributed by atoms with Crippen LogP contribution in [-0.4, -0.2) is 28.0 Å². The van der Waals surface area contributed by atoms with Crippen LogP contribution in [0.15, 0.2) is 29.2 Å². The van der Waals surface area contributed by atoms with Crippen molar-refractivity contribution in [1.82, 2.24) is 0 Å². The fourth-order valence-corrected chi connectivity index (χ4v) is 1.72. The second-order valence-electron chi connectivity index (χ2n) is 2.75. The van der Waals surface area contributed by atoms with E-state index in [0.29, 0.717) is 5.75 Å². The number of carboxylic acids is 1. The topological polar surface area (TPSA) is 83.5 Å². The van der Waals surface area contributed by atoms with Gasteiger partial charge in [-0.3, -0.25) is 4.79 Å². The first kappa shape index (κ1) is 10.9. The van der Waals surface area contributed by atoms with Gasteiger partial charge in [0.1, 0.15) is 11.8 Å². The van der Waals surface area contributed by atoms with Crippen LogP contribution < -0.4 is 5.73 Å². The van der Waals surface area contributed by atoms with Crippen molar-refractivity contribution in [3.05, 3.63) is 24.3 Å². The summed E-state index contributed by atoms with van der Waals surface area (Å²) >= 11 is 1.31. The number of hydrogen-bond acceptors (Lipinski definition) is 4. The third-order valence-corrected chi connectivity index (χ3v) is 2.68. The number of carbonyl (C=O) groups is 1. The van der Waals surface area contributed by atoms with Crippen LogP contribution in [0.4, 0.5) is 0 Å². The minimum absolute atomic E-state index is 0.166. The van der Waals surface area contributed by atoms with E-state index in [1.165, 1.54) is 11.8 Å². The minimum atomic E-state index is -1.02. The van der Waals surface area contributed by atoms with Gasteiger partial charge in [-0.25, -0.2) is 0 Å². The summed E-state index contributed by atoms with van der Waals surface area (Å²) in [4.78, 5) is 11.2. The van der Waals surface area contributed by atoms with Crippen molar-refractivity contribution in [2.45, 2.75) is 10.9 Å². The molecule has 0 bridgehead atoms. The van der Waals surface area contributed by atoms with Gasteiger partial charge >= 0.3 is 5.97 Å². The number of rotatable bonds is 4. The van der Waals surface area contributed by atoms with Crippen LogP contribution in [0.25, 0.3) is 0 Å². The summed E-state index contributed by atoms with van der Waals surface area (Å²) in [6.45, 7) is 0. The maximum absolute atomic E-state index is 10.4. The second-order valence-corrected chi connectivity index (χ2v) is 3.85. The van der Waals surface area contributed by atoms with Crippen molar-refractivity contribution < 1.29 is 15.0 Å². The van der Waals surface area contributed by atoms with Crippen molar-refractivity contribution in [3.63, 3.8) is 0 Å². The smallest absolute Gasteiger partial charge is 0.321 e. The van der Waals surface area contributed by atoms with Crippen molar-refractivity contribution >= 4 is 17.7 Å². The van der Waals surface area contributed by atoms with Gasteiger partial charge in [-0.2, -0.15) is 0 Å². The summed E-state index contributed by atoms with van der Waals surface area (Å²) in [6.07, 6.45) is 0. The van der Waals surface area contributed by atoms with Crippen LogP contribution in [0.2, 0.25) is 0 Å². The highest BCUT2D eigenvalue weighted by molar-refractivity contribution is 7.99. The Bertz CT molecular complexity index is 330. The zero-order chi connectivity index (χ0) is 10.6. The molecule has 1 aromatic rings. The van der Waals surface area contributed by atoms with Crippen LogP contribution in [0, 0.1) is 0 Å². The van der Waals surface area contributed by atoms with Crippen molar-refractivity contribution in [3.8, 4) is 5.75 Å². The van der Waals surface area contributed by atoms with E-state index >= 15 is 0 Å². The monoisotopic (exact) mass is 213 g/mol. The Morgan fingerprint density at radius 2 is 2.29 bits per heavy atom. The number of aromatic hydroxyl groups is 1. The Kier molecular flexibility index (Phi) is 3.79. The minimum Gasteiger partial charge on any atom is -0.508 e. The molecule has 1 unspecified atom stereocenters. The standard InChI is InChI=1S/C9H11NO3S/c10-8(9(12)13)5-14-7-3-1-2-6(11)4-7/h1-4,8,11H,5,10H2,(H,12,13). The highest BCUT2D eigenvalue weighted by atomic mass is 32.2. The van der Waals surface area contributed by atoms with Gasteiger partial charge in [-0.05, 0) is 18.2 Å². The maximum atomic E-state index is 10.4. The summed E-state index contributed by atoms with van der Waals surface area (Å²) in [5.74, 6) is -0.560. The van der Waals surface area contributed by atoms with E-state index in [-0.39, 0.29) is 5.75 Å². The molecule has 0 amide bonds. The molecule has 0 aromatic heterocycles. The zero-order valence-corrected chi connectivity index (χ0v) is 8.20. The van der Waals surface area contributed by atoms with Crippen LogP contribution in [0.5, 0.6) is 5.75 Å². The van der Waals surface area contributed by atoms with Gasteiger partial charge in [0, 0.05) is 10.6 Å². The van der Waals surface area contributed by atoms with Gasteiger partial charge in [0.25, 0.3) is 0 Å². The van der Waals surface area contributed by atoms with Gasteiger partial charge in [0.05, 0.1) is 0 Å². The zero-order valence-electron chi connectivity index (χ0n) is 7.38. The third kappa shape index (κ3) is 3.27. The Balaban J connectivity index is 2.49. The molecule has 4 nitrogen and oxygen atoms in total. The van der Waals surface area contributed by atoms with E-state index < -0.39 is 12.0 Å². The van der Waals surface area contributed by atoms with Gasteiger partial charge in [-0.15, -0.1) is 11.8 Å². The summed E-state index contributed by atoms with van der Waals surface area (Å²) in [5.41, 5.74) is 5.32. The van der Waals surface area contributed by atoms with Gasteiger partial charge in [0.2, 0.25) is 0 Å². The molecule has 76 valence electrons. The molecular weight excluding hydrogens is 202 g/mol. The number of phenols is 1. The van der Waals surface area contributed by atoms with E-state index in [4.69, 9.17) is 15.9 Å². The van der Waals surface area contributed by atoms with Crippen molar-refractivity contribution in [1.29, 1.82) is 0 Å². The molecule has 1 aromatic carbocycles. The lowest BCUT2D eigenvalue weighted by Gasteiger charge is -2.05. The first-order valence-corrected chi connectivity index (χ1v) is 4.98. The van der Waals surface area contributed by atoms with Gasteiger partial charge < -0.3 is 15.9 Å². The predicted octanol–water partition coefficient (Wildman–Crippen LogP) is 0.896. The van der Waals surface area contributed by atoms with Crippen LogP contribution in [0.1, 0.15) is 0 Å². The number of phenolic OH excluding ortho intramolecular Hbond substituents is 1. The molecule has 4 N–H and O–H groups in total. The quantitative estimate of drug-likeness (QED) is 0.647. The molecule has 1 atom stereocenters. The molecule has 0 heterocycles. The average Bonchev–Trinajstić information content (AvgIpc) is 2.14. The molecule has 14 heavy (non-hydrogen) atoms. The average molecular weight is 213 g/mol. The van der Waals surface area contributed by atoms with Crippen molar-refractivity contribution in [2.75, 3.05) is 5.75 Å². The van der Waals surface area contributed by atoms with Crippen LogP contribution >= 0.6 is 11.8 Å². The molecule has 5 heteroatoms. The maximum Gasteiger partial charge on any atom is 0.321 e. The lowest BCUT2D eigenvalue weighted by molar-refractivity contribution is -0.137. The van der Waals surface area contributed by atoms with E-state index in [1.54, 1.807) is 24.3 Å². The third-order valence-electron chi connectivity index (χ3n) is 1.56. The summed E-state index contributed by atoms with van der Waals surface area (Å²) in [5, 5.41) is 17.7. The molecule has 0 aliphatic rings. The molecular formula is C9H11NO3S. The first-order valence-electron chi connectivity index (χ1n) is 4.00. The Morgan fingerprint density at radius 3 is 2.86 bits per heavy atom. The van der Waals surface area contributed by atoms with Crippen LogP contribution in [0.3, 0.4) is 0 Å². The molecule has 0 spiro atoms. The van der Waals surface area contributed by atoms with E-state index in [0.717, 1.165) is 4.90 Å². The van der Waals surface area contributed by atoms with Crippen LogP contribution in [-0.2, 0) is 4.79 Å². The first-order chi connectivity index (χ1) is 6.59. The fourth-order valence-electron chi connectivity index (χ4n) is 0.831. The molecule has 0 saturated heterocycles. The van der Waals surface area contributed by atoms with Gasteiger partial charge in [-0.1, -0.05) is 6.07 Å². The Hall–Kier alpha value is -1.20. The highest BCUT2D eigenvalue weighted by Crippen LogP contribution is 2.22. The molecule has 0 aliphatic carbocycles. The number of aliphatic carboxylic acids is 1. The van der Waals surface area contributed by atoms with E-state index in [9.17, 15) is 4.79 Å². The number of thioether (sulfide) groups is 1. The summed E-state index contributed by atoms with van der Waals surface area (Å²) in [6, 6.07) is 5.74. The molecule has 0 aliphatic heterocycles. The summed E-state index contributed by atoms with van der Waals surface area (Å²) in [7, 11) is 0. The molecule has 0 saturated carbocycles. The number of benzene rings is 1. The second kappa shape index (κ2) is 4.88. The lowest BCUT2D eigenvalue weighted by Crippen LogP contribution is -2.32. The van der Waals surface area contributed by atoms with E-state index in [2.05, 4.69) is 0 Å². The number of nitrogens with two attached hydrogens (primary N) is 1. The highest BCUT2D eigenvalue weighted by Gasteiger charge is 2.11. The van der Waals surface area contributed by atoms with Crippen molar-refractivity contribution in [2.24, 2.45) is 5.73 Å². The summed E-state index contributed by atoms with van der Waals surface area (Å²) < 4.78 is 0. The number of carboxylic acid groups (broad SMARTS) is 1. The fraction of sp³-hybridized carbons (Fsp3) is 0.222. The largest absolute Gasteiger partial charge is 0.508 e. The van der Waals surface area contributed by atoms with Gasteiger partial charge in [0.15, 0.2) is 0 Å². The normalized spacial score (nSPS) is 12.4. The predicted molar refractivity (Wildman–Crippen MR) is 54.4 cm³/mol. The molecule has 0 radical (unpaired) electrons.